The first kappa shape index (κ1) is 28.9. The number of aromatic nitrogens is 1. The molecule has 1 aliphatic carbocycles. The first-order chi connectivity index (χ1) is 16.2. The molecule has 7 heteroatoms. The summed E-state index contributed by atoms with van der Waals surface area (Å²) in [5.41, 5.74) is 4.19. The predicted molar refractivity (Wildman–Crippen MR) is 142 cm³/mol. The molecule has 1 aromatic carbocycles. The molecule has 1 N–H and O–H groups in total. The third kappa shape index (κ3) is 5.73. The van der Waals surface area contributed by atoms with Gasteiger partial charge in [-0.25, -0.2) is 0 Å². The van der Waals surface area contributed by atoms with Crippen molar-refractivity contribution in [3.63, 3.8) is 0 Å². The van der Waals surface area contributed by atoms with Crippen LogP contribution in [0.3, 0.4) is 0 Å². The van der Waals surface area contributed by atoms with Gasteiger partial charge in [-0.05, 0) is 72.5 Å². The van der Waals surface area contributed by atoms with Crippen molar-refractivity contribution in [1.29, 1.82) is 0 Å². The van der Waals surface area contributed by atoms with Crippen LogP contribution in [0.2, 0.25) is 18.1 Å². The molecule has 0 spiro atoms. The van der Waals surface area contributed by atoms with Crippen molar-refractivity contribution in [3.05, 3.63) is 63.5 Å². The van der Waals surface area contributed by atoms with Gasteiger partial charge in [0, 0.05) is 22.5 Å². The van der Waals surface area contributed by atoms with Gasteiger partial charge in [-0.2, -0.15) is 13.2 Å². The lowest BCUT2D eigenvalue weighted by molar-refractivity contribution is -0.137. The van der Waals surface area contributed by atoms with E-state index in [1.54, 1.807) is 0 Å². The molecule has 0 saturated heterocycles. The molecule has 0 bridgehead atoms. The maximum absolute atomic E-state index is 13.1. The predicted octanol–water partition coefficient (Wildman–Crippen LogP) is 8.65. The number of alkyl halides is 3. The maximum Gasteiger partial charge on any atom is 0.416 e. The Kier molecular flexibility index (Phi) is 7.66. The van der Waals surface area contributed by atoms with Crippen LogP contribution in [0.1, 0.15) is 112 Å². The summed E-state index contributed by atoms with van der Waals surface area (Å²) < 4.78 is 46.3. The number of hydrogen-bond acceptors (Lipinski definition) is 3. The number of pyridine rings is 1. The Balaban J connectivity index is 2.18. The third-order valence-electron chi connectivity index (χ3n) is 7.97. The molecule has 1 aromatic heterocycles. The second-order valence-electron chi connectivity index (χ2n) is 13.0. The van der Waals surface area contributed by atoms with Crippen molar-refractivity contribution in [2.45, 2.75) is 111 Å². The van der Waals surface area contributed by atoms with E-state index in [1.165, 1.54) is 12.1 Å². The normalized spacial score (nSPS) is 19.4. The minimum absolute atomic E-state index is 0.0152. The lowest BCUT2D eigenvalue weighted by Crippen LogP contribution is -2.44. The van der Waals surface area contributed by atoms with Crippen molar-refractivity contribution >= 4 is 8.32 Å². The van der Waals surface area contributed by atoms with Gasteiger partial charge in [0.25, 0.3) is 0 Å². The average molecular weight is 522 g/mol. The SMILES string of the molecule is Cc1c2c(nc(C(C)C)c1C(O)c1ccc(C(F)(F)F)cc1)CC(C)(C)CC2O[Si](C)(C)C(C)(C)C. The number of aliphatic hydroxyl groups excluding tert-OH is 1. The van der Waals surface area contributed by atoms with Crippen LogP contribution in [0.5, 0.6) is 0 Å². The average Bonchev–Trinajstić information content (AvgIpc) is 2.70. The number of rotatable bonds is 5. The second kappa shape index (κ2) is 9.55. The first-order valence-corrected chi connectivity index (χ1v) is 15.7. The van der Waals surface area contributed by atoms with Gasteiger partial charge in [-0.1, -0.05) is 60.6 Å². The summed E-state index contributed by atoms with van der Waals surface area (Å²) in [4.78, 5) is 5.11. The topological polar surface area (TPSA) is 42.4 Å². The van der Waals surface area contributed by atoms with Crippen LogP contribution in [0, 0.1) is 12.3 Å². The van der Waals surface area contributed by atoms with Crippen LogP contribution in [0.4, 0.5) is 13.2 Å². The van der Waals surface area contributed by atoms with Crippen molar-refractivity contribution in [3.8, 4) is 0 Å². The molecule has 2 unspecified atom stereocenters. The summed E-state index contributed by atoms with van der Waals surface area (Å²) in [6, 6.07) is 4.79. The molecule has 0 fully saturated rings. The van der Waals surface area contributed by atoms with Gasteiger partial charge in [0.05, 0.1) is 11.7 Å². The quantitative estimate of drug-likeness (QED) is 0.400. The largest absolute Gasteiger partial charge is 0.416 e. The molecular weight excluding hydrogens is 479 g/mol. The second-order valence-corrected chi connectivity index (χ2v) is 17.7. The van der Waals surface area contributed by atoms with Crippen LogP contribution in [0.25, 0.3) is 0 Å². The van der Waals surface area contributed by atoms with Crippen LogP contribution in [0.15, 0.2) is 24.3 Å². The highest BCUT2D eigenvalue weighted by Gasteiger charge is 2.44. The Morgan fingerprint density at radius 2 is 1.64 bits per heavy atom. The number of halogens is 3. The van der Waals surface area contributed by atoms with Gasteiger partial charge in [-0.15, -0.1) is 0 Å². The highest BCUT2D eigenvalue weighted by molar-refractivity contribution is 6.74. The van der Waals surface area contributed by atoms with Gasteiger partial charge in [-0.3, -0.25) is 4.98 Å². The number of aliphatic hydroxyl groups is 1. The van der Waals surface area contributed by atoms with E-state index in [4.69, 9.17) is 9.41 Å². The molecule has 2 aromatic rings. The van der Waals surface area contributed by atoms with E-state index in [2.05, 4.69) is 47.7 Å². The molecule has 0 saturated carbocycles. The van der Waals surface area contributed by atoms with Crippen molar-refractivity contribution in [2.75, 3.05) is 0 Å². The molecule has 3 nitrogen and oxygen atoms in total. The van der Waals surface area contributed by atoms with E-state index >= 15 is 0 Å². The van der Waals surface area contributed by atoms with Crippen molar-refractivity contribution in [2.24, 2.45) is 5.41 Å². The van der Waals surface area contributed by atoms with Crippen LogP contribution in [-0.4, -0.2) is 18.4 Å². The molecule has 0 aliphatic heterocycles. The van der Waals surface area contributed by atoms with Gasteiger partial charge >= 0.3 is 6.18 Å². The van der Waals surface area contributed by atoms with E-state index in [1.807, 2.05) is 20.8 Å². The lowest BCUT2D eigenvalue weighted by atomic mass is 9.72. The monoisotopic (exact) mass is 521 g/mol. The minimum Gasteiger partial charge on any atom is -0.410 e. The third-order valence-corrected chi connectivity index (χ3v) is 12.5. The highest BCUT2D eigenvalue weighted by Crippen LogP contribution is 2.49. The first-order valence-electron chi connectivity index (χ1n) is 12.8. The number of nitrogens with zero attached hydrogens (tertiary/aromatic N) is 1. The fourth-order valence-electron chi connectivity index (χ4n) is 4.95. The zero-order valence-electron chi connectivity index (χ0n) is 23.4. The molecule has 1 aliphatic rings. The fraction of sp³-hybridized carbons (Fsp3) is 0.621. The molecule has 3 rings (SSSR count). The van der Waals surface area contributed by atoms with Gasteiger partial charge in [0.2, 0.25) is 0 Å². The molecule has 0 radical (unpaired) electrons. The maximum atomic E-state index is 13.1. The Hall–Kier alpha value is -1.70. The summed E-state index contributed by atoms with van der Waals surface area (Å²) in [5, 5.41) is 11.5. The van der Waals surface area contributed by atoms with Crippen LogP contribution < -0.4 is 0 Å². The smallest absolute Gasteiger partial charge is 0.410 e. The molecule has 2 atom stereocenters. The van der Waals surface area contributed by atoms with Gasteiger partial charge in [0.1, 0.15) is 6.10 Å². The minimum atomic E-state index is -4.42. The van der Waals surface area contributed by atoms with E-state index in [0.717, 1.165) is 47.5 Å². The van der Waals surface area contributed by atoms with Crippen molar-refractivity contribution in [1.82, 2.24) is 4.98 Å². The Bertz CT molecular complexity index is 1100. The molecular formula is C29H42F3NO2Si. The van der Waals surface area contributed by atoms with E-state index in [-0.39, 0.29) is 22.5 Å². The van der Waals surface area contributed by atoms with Crippen LogP contribution in [-0.2, 0) is 17.0 Å². The molecule has 36 heavy (non-hydrogen) atoms. The summed E-state index contributed by atoms with van der Waals surface area (Å²) in [6.07, 6.45) is -3.97. The number of benzene rings is 1. The summed E-state index contributed by atoms with van der Waals surface area (Å²) >= 11 is 0. The summed E-state index contributed by atoms with van der Waals surface area (Å²) in [5.74, 6) is 0.0397. The number of fused-ring (bicyclic) bond motifs is 1. The Labute approximate surface area is 215 Å². The molecule has 200 valence electrons. The van der Waals surface area contributed by atoms with E-state index in [9.17, 15) is 18.3 Å². The lowest BCUT2D eigenvalue weighted by Gasteiger charge is -2.45. The van der Waals surface area contributed by atoms with E-state index < -0.39 is 26.2 Å². The van der Waals surface area contributed by atoms with Gasteiger partial charge in [0.15, 0.2) is 8.32 Å². The summed E-state index contributed by atoms with van der Waals surface area (Å²) in [6.45, 7) is 21.7. The van der Waals surface area contributed by atoms with Crippen LogP contribution >= 0.6 is 0 Å². The van der Waals surface area contributed by atoms with Gasteiger partial charge < -0.3 is 9.53 Å². The standard InChI is InChI=1S/C29H42F3NO2Si/c1-17(2)25-24(26(34)19-11-13-20(14-12-19)29(30,31)32)18(3)23-21(33-25)15-28(7,8)16-22(23)35-36(9,10)27(4,5)6/h11-14,17,22,26,34H,15-16H2,1-10H3. The zero-order chi connectivity index (χ0) is 27.4. The van der Waals surface area contributed by atoms with Crippen molar-refractivity contribution < 1.29 is 22.7 Å². The Morgan fingerprint density at radius 3 is 2.11 bits per heavy atom. The Morgan fingerprint density at radius 1 is 1.08 bits per heavy atom. The fourth-order valence-corrected chi connectivity index (χ4v) is 6.22. The summed E-state index contributed by atoms with van der Waals surface area (Å²) in [7, 11) is -2.11. The molecule has 0 amide bonds. The zero-order valence-corrected chi connectivity index (χ0v) is 24.4. The number of hydrogen-bond donors (Lipinski definition) is 1. The molecule has 1 heterocycles. The highest BCUT2D eigenvalue weighted by atomic mass is 28.4. The van der Waals surface area contributed by atoms with E-state index in [0.29, 0.717) is 11.1 Å².